The van der Waals surface area contributed by atoms with Crippen molar-refractivity contribution in [3.63, 3.8) is 0 Å². The van der Waals surface area contributed by atoms with E-state index in [9.17, 15) is 39.6 Å². The van der Waals surface area contributed by atoms with E-state index in [4.69, 9.17) is 28.4 Å². The molecule has 0 aliphatic heterocycles. The molecule has 0 aliphatic rings. The van der Waals surface area contributed by atoms with Crippen molar-refractivity contribution in [2.75, 3.05) is 26.4 Å². The molecule has 0 amide bonds. The Morgan fingerprint density at radius 3 is 1.12 bits per heavy atom. The average Bonchev–Trinajstić information content (AvgIpc) is 3.29. The summed E-state index contributed by atoms with van der Waals surface area (Å²) in [6.07, 6.45) is 2.53. The number of phenolic OH excluding ortho intramolecular Hbond substituents is 2. The van der Waals surface area contributed by atoms with Crippen LogP contribution in [0.5, 0.6) is 57.5 Å². The SMILES string of the molecule is CCc1cc(C(C)=O)c(O)cc1OCCCOc1cccc(Oc2cccc(C(=O)[O-])c2)c1.CCc1cc(C(C)=O)c(O)cc1OCCCOc1cccc(Oc2cccc(C(=O)[O-])c2)c1.[Na+].[Na+]. The number of aryl methyl sites for hydroxylation is 2. The molecule has 2 N–H and O–H groups in total. The van der Waals surface area contributed by atoms with Gasteiger partial charge in [-0.05, 0) is 98.5 Å². The molecule has 0 radical (unpaired) electrons. The van der Waals surface area contributed by atoms with Crippen LogP contribution in [0.1, 0.15) is 93.1 Å². The molecule has 0 bridgehead atoms. The van der Waals surface area contributed by atoms with E-state index >= 15 is 0 Å². The van der Waals surface area contributed by atoms with Crippen LogP contribution in [0.2, 0.25) is 0 Å². The van der Waals surface area contributed by atoms with Gasteiger partial charge >= 0.3 is 59.1 Å². The summed E-state index contributed by atoms with van der Waals surface area (Å²) < 4.78 is 34.5. The number of hydrogen-bond donors (Lipinski definition) is 2. The maximum Gasteiger partial charge on any atom is 1.00 e. The number of carboxylic acid groups (broad SMARTS) is 2. The van der Waals surface area contributed by atoms with Gasteiger partial charge in [0.25, 0.3) is 0 Å². The van der Waals surface area contributed by atoms with Crippen LogP contribution in [0.4, 0.5) is 0 Å². The van der Waals surface area contributed by atoms with Crippen molar-refractivity contribution in [3.05, 3.63) is 155 Å². The first-order chi connectivity index (χ1) is 31.7. The molecule has 0 spiro atoms. The van der Waals surface area contributed by atoms with Crippen molar-refractivity contribution in [2.45, 2.75) is 53.4 Å². The summed E-state index contributed by atoms with van der Waals surface area (Å²) in [4.78, 5) is 45.2. The Morgan fingerprint density at radius 2 is 0.779 bits per heavy atom. The Hall–Kier alpha value is -6.00. The summed E-state index contributed by atoms with van der Waals surface area (Å²) in [7, 11) is 0. The third kappa shape index (κ3) is 17.3. The molecule has 0 saturated heterocycles. The first kappa shape index (κ1) is 56.3. The fourth-order valence-electron chi connectivity index (χ4n) is 6.38. The normalized spacial score (nSPS) is 10.2. The Morgan fingerprint density at radius 1 is 0.456 bits per heavy atom. The Balaban J connectivity index is 0.000000350. The fourth-order valence-corrected chi connectivity index (χ4v) is 6.38. The van der Waals surface area contributed by atoms with Gasteiger partial charge in [-0.3, -0.25) is 9.59 Å². The van der Waals surface area contributed by atoms with Crippen molar-refractivity contribution in [1.29, 1.82) is 0 Å². The van der Waals surface area contributed by atoms with Gasteiger partial charge in [-0.1, -0.05) is 50.2 Å². The molecule has 0 heterocycles. The molecule has 0 saturated carbocycles. The third-order valence-electron chi connectivity index (χ3n) is 9.73. The molecule has 16 heteroatoms. The zero-order chi connectivity index (χ0) is 47.6. The molecular weight excluding hydrogens is 895 g/mol. The van der Waals surface area contributed by atoms with E-state index < -0.39 is 11.9 Å². The molecule has 68 heavy (non-hydrogen) atoms. The van der Waals surface area contributed by atoms with E-state index in [1.54, 1.807) is 84.9 Å². The summed E-state index contributed by atoms with van der Waals surface area (Å²) in [6, 6.07) is 32.5. The number of Topliss-reactive ketones (excluding diaryl/α,β-unsaturated/α-hetero) is 2. The van der Waals surface area contributed by atoms with Crippen molar-refractivity contribution in [3.8, 4) is 57.5 Å². The Labute approximate surface area is 439 Å². The number of ether oxygens (including phenoxy) is 6. The van der Waals surface area contributed by atoms with Crippen molar-refractivity contribution in [2.24, 2.45) is 0 Å². The first-order valence-corrected chi connectivity index (χ1v) is 21.2. The number of aromatic hydroxyl groups is 2. The topological polar surface area (TPSA) is 210 Å². The number of aromatic carboxylic acids is 2. The van der Waals surface area contributed by atoms with Crippen molar-refractivity contribution in [1.82, 2.24) is 0 Å². The predicted molar refractivity (Wildman–Crippen MR) is 241 cm³/mol. The second-order valence-electron chi connectivity index (χ2n) is 14.7. The van der Waals surface area contributed by atoms with Crippen LogP contribution in [0.25, 0.3) is 0 Å². The van der Waals surface area contributed by atoms with Crippen LogP contribution in [-0.4, -0.2) is 60.1 Å². The second-order valence-corrected chi connectivity index (χ2v) is 14.7. The largest absolute Gasteiger partial charge is 1.00 e. The van der Waals surface area contributed by atoms with Gasteiger partial charge in [0.1, 0.15) is 57.5 Å². The number of ketones is 2. The fraction of sp³-hybridized carbons (Fsp3) is 0.231. The third-order valence-corrected chi connectivity index (χ3v) is 9.73. The van der Waals surface area contributed by atoms with E-state index in [0.29, 0.717) is 98.1 Å². The molecule has 6 rings (SSSR count). The van der Waals surface area contributed by atoms with E-state index in [2.05, 4.69) is 0 Å². The zero-order valence-corrected chi connectivity index (χ0v) is 43.0. The number of rotatable bonds is 22. The van der Waals surface area contributed by atoms with Crippen LogP contribution in [-0.2, 0) is 12.8 Å². The van der Waals surface area contributed by atoms with Gasteiger partial charge in [-0.25, -0.2) is 0 Å². The Kier molecular flexibility index (Phi) is 23.5. The van der Waals surface area contributed by atoms with Crippen molar-refractivity contribution >= 4 is 23.5 Å². The van der Waals surface area contributed by atoms with Crippen LogP contribution >= 0.6 is 0 Å². The van der Waals surface area contributed by atoms with Crippen LogP contribution in [0, 0.1) is 0 Å². The van der Waals surface area contributed by atoms with E-state index in [0.717, 1.165) is 11.1 Å². The minimum Gasteiger partial charge on any atom is -0.545 e. The minimum absolute atomic E-state index is 0. The van der Waals surface area contributed by atoms with Gasteiger partial charge in [0.05, 0.1) is 49.5 Å². The molecule has 0 aliphatic carbocycles. The molecule has 0 atom stereocenters. The summed E-state index contributed by atoms with van der Waals surface area (Å²) in [5.41, 5.74) is 2.36. The Bertz CT molecular complexity index is 2470. The standard InChI is InChI=1S/2C26H26O7.2Na/c2*1-3-18-14-23(17(2)27)24(28)16-25(18)32-12-6-11-31-20-8-5-10-22(15-20)33-21-9-4-7-19(13-21)26(29)30;;/h2*4-5,7-10,13-16,28H,3,6,11-12H2,1-2H3,(H,29,30);;/q;;2*+1/p-2. The number of phenols is 2. The van der Waals surface area contributed by atoms with Crippen LogP contribution in [0.15, 0.2) is 121 Å². The summed E-state index contributed by atoms with van der Waals surface area (Å²) in [6.45, 7) is 8.27. The molecule has 14 nitrogen and oxygen atoms in total. The number of carboxylic acids is 2. The summed E-state index contributed by atoms with van der Waals surface area (Å²) in [5, 5.41) is 42.1. The predicted octanol–water partition coefficient (Wildman–Crippen LogP) is 2.33. The van der Waals surface area contributed by atoms with Crippen molar-refractivity contribution < 1.29 is 127 Å². The van der Waals surface area contributed by atoms with E-state index in [1.165, 1.54) is 50.2 Å². The van der Waals surface area contributed by atoms with E-state index in [-0.39, 0.29) is 104 Å². The van der Waals surface area contributed by atoms with Gasteiger partial charge in [-0.15, -0.1) is 0 Å². The maximum atomic E-state index is 11.6. The van der Waals surface area contributed by atoms with Gasteiger partial charge in [0.15, 0.2) is 11.6 Å². The quantitative estimate of drug-likeness (QED) is 0.0569. The molecule has 6 aromatic carbocycles. The van der Waals surface area contributed by atoms with Gasteiger partial charge in [-0.2, -0.15) is 0 Å². The molecule has 6 aromatic rings. The van der Waals surface area contributed by atoms with Crippen LogP contribution in [0.3, 0.4) is 0 Å². The number of carbonyl (C=O) groups is 4. The molecular formula is C52H50Na2O14. The summed E-state index contributed by atoms with van der Waals surface area (Å²) in [5.74, 6) is 0.972. The smallest absolute Gasteiger partial charge is 0.545 e. The zero-order valence-electron chi connectivity index (χ0n) is 39.0. The van der Waals surface area contributed by atoms with Gasteiger partial charge in [0.2, 0.25) is 0 Å². The second kappa shape index (κ2) is 28.4. The minimum atomic E-state index is -1.27. The molecule has 0 aromatic heterocycles. The van der Waals surface area contributed by atoms with Gasteiger partial charge < -0.3 is 58.4 Å². The molecule has 0 unspecified atom stereocenters. The maximum absolute atomic E-state index is 11.6. The summed E-state index contributed by atoms with van der Waals surface area (Å²) >= 11 is 0. The molecule has 0 fully saturated rings. The van der Waals surface area contributed by atoms with E-state index in [1.807, 2.05) is 13.8 Å². The van der Waals surface area contributed by atoms with Crippen LogP contribution < -0.4 is 97.7 Å². The number of carbonyl (C=O) groups excluding carboxylic acids is 4. The number of benzene rings is 6. The first-order valence-electron chi connectivity index (χ1n) is 21.2. The monoisotopic (exact) mass is 944 g/mol. The molecule has 344 valence electrons. The average molecular weight is 945 g/mol. The van der Waals surface area contributed by atoms with Gasteiger partial charge in [0, 0.05) is 48.2 Å². The number of hydrogen-bond acceptors (Lipinski definition) is 14.